The molecule has 1 atom stereocenters. The number of benzene rings is 2. The third kappa shape index (κ3) is 5.62. The first kappa shape index (κ1) is 28.5. The van der Waals surface area contributed by atoms with E-state index in [-0.39, 0.29) is 29.7 Å². The van der Waals surface area contributed by atoms with E-state index in [9.17, 15) is 19.7 Å². The molecule has 1 aliphatic heterocycles. The number of methoxy groups -OCH3 is 1. The van der Waals surface area contributed by atoms with E-state index in [0.29, 0.717) is 35.5 Å². The number of carbonyl (C=O) groups excluding carboxylic acids is 1. The van der Waals surface area contributed by atoms with Crippen LogP contribution in [0.3, 0.4) is 0 Å². The van der Waals surface area contributed by atoms with Crippen LogP contribution in [-0.2, 0) is 9.53 Å². The number of para-hydroxylation sites is 1. The minimum absolute atomic E-state index is 0.147. The van der Waals surface area contributed by atoms with E-state index in [4.69, 9.17) is 14.2 Å². The Bertz CT molecular complexity index is 1670. The Morgan fingerprint density at radius 3 is 2.67 bits per heavy atom. The smallest absolute Gasteiger partial charge is 0.338 e. The molecule has 0 bridgehead atoms. The van der Waals surface area contributed by atoms with Gasteiger partial charge >= 0.3 is 11.7 Å². The Hall–Kier alpha value is -3.52. The van der Waals surface area contributed by atoms with Gasteiger partial charge in [-0.05, 0) is 74.1 Å². The molecule has 10 nitrogen and oxygen atoms in total. The third-order valence-corrected chi connectivity index (χ3v) is 7.62. The molecule has 0 saturated carbocycles. The van der Waals surface area contributed by atoms with Crippen LogP contribution in [0.5, 0.6) is 11.5 Å². The fraction of sp³-hybridized carbons (Fsp3) is 0.296. The van der Waals surface area contributed by atoms with Crippen molar-refractivity contribution in [1.82, 2.24) is 4.57 Å². The molecule has 0 aliphatic carbocycles. The average Bonchev–Trinajstić information content (AvgIpc) is 3.17. The normalized spacial score (nSPS) is 15.2. The molecule has 1 aliphatic rings. The number of halogens is 1. The highest BCUT2D eigenvalue weighted by Crippen LogP contribution is 2.36. The first-order chi connectivity index (χ1) is 18.6. The predicted octanol–water partition coefficient (Wildman–Crippen LogP) is 4.11. The molecule has 3 aromatic rings. The number of hydrogen-bond acceptors (Lipinski definition) is 9. The summed E-state index contributed by atoms with van der Waals surface area (Å²) < 4.78 is 18.9. The Morgan fingerprint density at radius 1 is 1.31 bits per heavy atom. The van der Waals surface area contributed by atoms with Crippen LogP contribution in [0.15, 0.2) is 57.5 Å². The fourth-order valence-electron chi connectivity index (χ4n) is 4.33. The van der Waals surface area contributed by atoms with E-state index in [1.807, 2.05) is 54.6 Å². The molecule has 0 fully saturated rings. The lowest BCUT2D eigenvalue weighted by atomic mass is 9.95. The van der Waals surface area contributed by atoms with Crippen molar-refractivity contribution in [3.8, 4) is 11.5 Å². The van der Waals surface area contributed by atoms with E-state index in [1.54, 1.807) is 32.1 Å². The zero-order valence-corrected chi connectivity index (χ0v) is 24.9. The van der Waals surface area contributed by atoms with Gasteiger partial charge in [0, 0.05) is 11.6 Å². The number of ether oxygens (including phenoxy) is 3. The largest absolute Gasteiger partial charge is 0.491 e. The number of hydrogen-bond donors (Lipinski definition) is 0. The van der Waals surface area contributed by atoms with Crippen molar-refractivity contribution in [2.24, 2.45) is 4.99 Å². The molecule has 2 aromatic carbocycles. The van der Waals surface area contributed by atoms with Crippen molar-refractivity contribution < 1.29 is 23.9 Å². The summed E-state index contributed by atoms with van der Waals surface area (Å²) in [5.41, 5.74) is 1.14. The molecule has 39 heavy (non-hydrogen) atoms. The Labute approximate surface area is 241 Å². The maximum Gasteiger partial charge on any atom is 0.338 e. The van der Waals surface area contributed by atoms with Gasteiger partial charge in [-0.2, -0.15) is 0 Å². The zero-order valence-electron chi connectivity index (χ0n) is 21.9. The van der Waals surface area contributed by atoms with Crippen molar-refractivity contribution in [2.75, 3.05) is 13.7 Å². The highest BCUT2D eigenvalue weighted by Gasteiger charge is 2.35. The summed E-state index contributed by atoms with van der Waals surface area (Å²) in [7, 11) is 1.37. The van der Waals surface area contributed by atoms with Crippen LogP contribution in [0.25, 0.3) is 6.08 Å². The number of nitrogens with zero attached hydrogens (tertiary/aromatic N) is 3. The van der Waals surface area contributed by atoms with E-state index in [0.717, 1.165) is 11.3 Å². The maximum absolute atomic E-state index is 13.9. The summed E-state index contributed by atoms with van der Waals surface area (Å²) in [6.07, 6.45) is 1.43. The van der Waals surface area contributed by atoms with Crippen molar-refractivity contribution >= 4 is 51.7 Å². The number of esters is 1. The zero-order chi connectivity index (χ0) is 28.4. The lowest BCUT2D eigenvalue weighted by Gasteiger charge is -2.26. The first-order valence-corrected chi connectivity index (χ1v) is 13.9. The molecule has 4 rings (SSSR count). The van der Waals surface area contributed by atoms with Gasteiger partial charge in [0.15, 0.2) is 4.80 Å². The van der Waals surface area contributed by atoms with Crippen LogP contribution in [0, 0.1) is 13.7 Å². The summed E-state index contributed by atoms with van der Waals surface area (Å²) in [6, 6.07) is 9.45. The van der Waals surface area contributed by atoms with Gasteiger partial charge in [-0.1, -0.05) is 29.5 Å². The topological polar surface area (TPSA) is 122 Å². The number of aromatic nitrogens is 1. The predicted molar refractivity (Wildman–Crippen MR) is 155 cm³/mol. The van der Waals surface area contributed by atoms with Crippen LogP contribution in [0.2, 0.25) is 0 Å². The lowest BCUT2D eigenvalue weighted by molar-refractivity contribution is -0.385. The van der Waals surface area contributed by atoms with Crippen LogP contribution in [-0.4, -0.2) is 35.3 Å². The highest BCUT2D eigenvalue weighted by atomic mass is 127. The Kier molecular flexibility index (Phi) is 8.54. The highest BCUT2D eigenvalue weighted by molar-refractivity contribution is 14.1. The second-order valence-electron chi connectivity index (χ2n) is 8.82. The van der Waals surface area contributed by atoms with E-state index < -0.39 is 22.5 Å². The van der Waals surface area contributed by atoms with E-state index in [2.05, 4.69) is 4.99 Å². The fourth-order valence-corrected chi connectivity index (χ4v) is 6.23. The average molecular weight is 663 g/mol. The van der Waals surface area contributed by atoms with E-state index in [1.165, 1.54) is 17.7 Å². The second kappa shape index (κ2) is 11.7. The number of allylic oxidation sites excluding steroid dienone is 1. The van der Waals surface area contributed by atoms with Gasteiger partial charge in [-0.3, -0.25) is 19.5 Å². The number of nitro benzene ring substituents is 1. The van der Waals surface area contributed by atoms with Crippen LogP contribution in [0.1, 0.15) is 44.9 Å². The van der Waals surface area contributed by atoms with Gasteiger partial charge in [0.25, 0.3) is 5.56 Å². The minimum Gasteiger partial charge on any atom is -0.491 e. The SMILES string of the molecule is CCOC(=O)C1=C(C)N=c2s/c(=C/c3cc(I)c(OC)c([N+](=O)[O-])c3)c(=O)n2[C@H]1c1ccccc1OC(C)C. The molecule has 1 aromatic heterocycles. The van der Waals surface area contributed by atoms with Crippen molar-refractivity contribution in [2.45, 2.75) is 39.8 Å². The monoisotopic (exact) mass is 663 g/mol. The third-order valence-electron chi connectivity index (χ3n) is 5.84. The second-order valence-corrected chi connectivity index (χ2v) is 11.0. The molecule has 0 radical (unpaired) electrons. The first-order valence-electron chi connectivity index (χ1n) is 12.0. The summed E-state index contributed by atoms with van der Waals surface area (Å²) in [5, 5.41) is 11.6. The van der Waals surface area contributed by atoms with Crippen LogP contribution in [0.4, 0.5) is 5.69 Å². The molecule has 0 spiro atoms. The molecule has 0 amide bonds. The Balaban J connectivity index is 1.99. The van der Waals surface area contributed by atoms with Gasteiger partial charge in [0.2, 0.25) is 5.75 Å². The van der Waals surface area contributed by atoms with Gasteiger partial charge < -0.3 is 14.2 Å². The number of carbonyl (C=O) groups is 1. The molecular weight excluding hydrogens is 637 g/mol. The summed E-state index contributed by atoms with van der Waals surface area (Å²) in [6.45, 7) is 7.36. The van der Waals surface area contributed by atoms with Crippen LogP contribution >= 0.6 is 33.9 Å². The van der Waals surface area contributed by atoms with E-state index >= 15 is 0 Å². The summed E-state index contributed by atoms with van der Waals surface area (Å²) >= 11 is 3.09. The summed E-state index contributed by atoms with van der Waals surface area (Å²) in [5.74, 6) is 0.109. The standard InChI is InChI=1S/C27H26IN3O7S/c1-6-37-26(33)22-15(4)29-27-30(23(22)17-9-7-8-10-20(17)38-14(2)3)25(32)21(39-27)13-16-11-18(28)24(36-5)19(12-16)31(34)35/h7-14,23H,6H2,1-5H3/b21-13+/t23-/m0/s1. The van der Waals surface area contributed by atoms with Crippen molar-refractivity contribution in [3.63, 3.8) is 0 Å². The molecule has 2 heterocycles. The van der Waals surface area contributed by atoms with Crippen molar-refractivity contribution in [1.29, 1.82) is 0 Å². The quantitative estimate of drug-likeness (QED) is 0.154. The minimum atomic E-state index is -0.845. The van der Waals surface area contributed by atoms with Crippen LogP contribution < -0.4 is 24.4 Å². The van der Waals surface area contributed by atoms with Gasteiger partial charge in [-0.15, -0.1) is 0 Å². The van der Waals surface area contributed by atoms with Crippen molar-refractivity contribution in [3.05, 3.63) is 92.2 Å². The van der Waals surface area contributed by atoms with Gasteiger partial charge in [0.05, 0.1) is 44.1 Å². The Morgan fingerprint density at radius 2 is 2.03 bits per heavy atom. The maximum atomic E-state index is 13.9. The number of fused-ring (bicyclic) bond motifs is 1. The molecule has 0 unspecified atom stereocenters. The van der Waals surface area contributed by atoms with Gasteiger partial charge in [0.1, 0.15) is 11.8 Å². The molecule has 0 saturated heterocycles. The number of nitro groups is 1. The summed E-state index contributed by atoms with van der Waals surface area (Å²) in [4.78, 5) is 43.1. The molecule has 12 heteroatoms. The molecule has 204 valence electrons. The molecular formula is C27H26IN3O7S. The lowest BCUT2D eigenvalue weighted by Crippen LogP contribution is -2.40. The van der Waals surface area contributed by atoms with Gasteiger partial charge in [-0.25, -0.2) is 9.79 Å². The number of thiazole rings is 1. The molecule has 0 N–H and O–H groups in total. The number of rotatable bonds is 8.